The summed E-state index contributed by atoms with van der Waals surface area (Å²) in [6, 6.07) is 5.74. The minimum atomic E-state index is -1.03. The summed E-state index contributed by atoms with van der Waals surface area (Å²) in [5.74, 6) is -1.17. The number of rotatable bonds is 3. The van der Waals surface area contributed by atoms with Crippen molar-refractivity contribution < 1.29 is 19.0 Å². The third-order valence-electron chi connectivity index (χ3n) is 1.91. The Labute approximate surface area is 109 Å². The lowest BCUT2D eigenvalue weighted by Gasteiger charge is -2.04. The van der Waals surface area contributed by atoms with Gasteiger partial charge in [-0.05, 0) is 18.2 Å². The molecule has 0 saturated heterocycles. The van der Waals surface area contributed by atoms with Crippen LogP contribution in [0.1, 0.15) is 9.67 Å². The monoisotopic (exact) mass is 316 g/mol. The molecule has 0 bridgehead atoms. The SMILES string of the molecule is O=C(O)c1cc(Oc2ccc(Br)cc2F)cs1. The number of carbonyl (C=O) groups is 1. The fraction of sp³-hybridized carbons (Fsp3) is 0. The zero-order valence-corrected chi connectivity index (χ0v) is 10.7. The number of benzene rings is 1. The van der Waals surface area contributed by atoms with E-state index in [1.807, 2.05) is 0 Å². The summed E-state index contributed by atoms with van der Waals surface area (Å²) >= 11 is 4.16. The van der Waals surface area contributed by atoms with Crippen LogP contribution in [0, 0.1) is 5.82 Å². The van der Waals surface area contributed by atoms with Gasteiger partial charge in [0.2, 0.25) is 0 Å². The van der Waals surface area contributed by atoms with Crippen molar-refractivity contribution in [3.63, 3.8) is 0 Å². The van der Waals surface area contributed by atoms with Gasteiger partial charge in [-0.1, -0.05) is 15.9 Å². The largest absolute Gasteiger partial charge is 0.477 e. The zero-order chi connectivity index (χ0) is 12.4. The molecule has 3 nitrogen and oxygen atoms in total. The molecule has 1 N–H and O–H groups in total. The number of hydrogen-bond donors (Lipinski definition) is 1. The van der Waals surface area contributed by atoms with Crippen LogP contribution in [0.15, 0.2) is 34.1 Å². The highest BCUT2D eigenvalue weighted by Gasteiger charge is 2.10. The Hall–Kier alpha value is -1.40. The van der Waals surface area contributed by atoms with Crippen LogP contribution in [0.5, 0.6) is 11.5 Å². The molecular weight excluding hydrogens is 311 g/mol. The Balaban J connectivity index is 2.22. The first-order valence-corrected chi connectivity index (χ1v) is 6.18. The molecule has 0 aliphatic heterocycles. The molecule has 1 heterocycles. The van der Waals surface area contributed by atoms with Gasteiger partial charge in [-0.2, -0.15) is 0 Å². The maximum Gasteiger partial charge on any atom is 0.346 e. The van der Waals surface area contributed by atoms with Crippen molar-refractivity contribution >= 4 is 33.2 Å². The third kappa shape index (κ3) is 2.83. The Bertz CT molecular complexity index is 568. The number of thiophene rings is 1. The first-order chi connectivity index (χ1) is 8.06. The van der Waals surface area contributed by atoms with E-state index in [0.29, 0.717) is 10.2 Å². The topological polar surface area (TPSA) is 46.5 Å². The molecule has 0 aliphatic carbocycles. The number of aromatic carboxylic acids is 1. The van der Waals surface area contributed by atoms with E-state index in [1.165, 1.54) is 23.6 Å². The van der Waals surface area contributed by atoms with Crippen molar-refractivity contribution in [3.05, 3.63) is 44.8 Å². The van der Waals surface area contributed by atoms with Crippen molar-refractivity contribution in [1.82, 2.24) is 0 Å². The number of carboxylic acids is 1. The number of hydrogen-bond acceptors (Lipinski definition) is 3. The zero-order valence-electron chi connectivity index (χ0n) is 8.31. The maximum atomic E-state index is 13.4. The van der Waals surface area contributed by atoms with E-state index in [9.17, 15) is 9.18 Å². The van der Waals surface area contributed by atoms with Crippen LogP contribution in [0.3, 0.4) is 0 Å². The van der Waals surface area contributed by atoms with Gasteiger partial charge in [0.05, 0.1) is 0 Å². The molecule has 17 heavy (non-hydrogen) atoms. The van der Waals surface area contributed by atoms with Crippen molar-refractivity contribution in [2.75, 3.05) is 0 Å². The van der Waals surface area contributed by atoms with Gasteiger partial charge in [0.1, 0.15) is 10.6 Å². The molecule has 2 aromatic rings. The molecule has 88 valence electrons. The van der Waals surface area contributed by atoms with Crippen molar-refractivity contribution in [2.45, 2.75) is 0 Å². The lowest BCUT2D eigenvalue weighted by Crippen LogP contribution is -1.90. The summed E-state index contributed by atoms with van der Waals surface area (Å²) in [7, 11) is 0. The highest BCUT2D eigenvalue weighted by atomic mass is 79.9. The van der Waals surface area contributed by atoms with Gasteiger partial charge in [0.25, 0.3) is 0 Å². The van der Waals surface area contributed by atoms with Gasteiger partial charge in [-0.15, -0.1) is 11.3 Å². The highest BCUT2D eigenvalue weighted by molar-refractivity contribution is 9.10. The molecule has 1 aromatic carbocycles. The minimum Gasteiger partial charge on any atom is -0.477 e. The predicted octanol–water partition coefficient (Wildman–Crippen LogP) is 4.14. The van der Waals surface area contributed by atoms with Crippen LogP contribution in [0.25, 0.3) is 0 Å². The molecule has 2 rings (SSSR count). The molecule has 0 unspecified atom stereocenters. The molecule has 0 radical (unpaired) electrons. The van der Waals surface area contributed by atoms with Crippen LogP contribution in [-0.2, 0) is 0 Å². The molecule has 0 amide bonds. The second-order valence-electron chi connectivity index (χ2n) is 3.13. The summed E-state index contributed by atoms with van der Waals surface area (Å²) in [6.07, 6.45) is 0. The van der Waals surface area contributed by atoms with Crippen LogP contribution in [-0.4, -0.2) is 11.1 Å². The third-order valence-corrected chi connectivity index (χ3v) is 3.30. The van der Waals surface area contributed by atoms with Gasteiger partial charge >= 0.3 is 5.97 Å². The molecule has 0 saturated carbocycles. The standard InChI is InChI=1S/C11H6BrFO3S/c12-6-1-2-9(8(13)3-6)16-7-4-10(11(14)15)17-5-7/h1-5H,(H,14,15). The Morgan fingerprint density at radius 3 is 2.76 bits per heavy atom. The minimum absolute atomic E-state index is 0.0583. The van der Waals surface area contributed by atoms with E-state index in [-0.39, 0.29) is 10.6 Å². The Morgan fingerprint density at radius 1 is 1.41 bits per heavy atom. The smallest absolute Gasteiger partial charge is 0.346 e. The quantitative estimate of drug-likeness (QED) is 0.925. The van der Waals surface area contributed by atoms with Gasteiger partial charge < -0.3 is 9.84 Å². The number of carboxylic acid groups (broad SMARTS) is 1. The summed E-state index contributed by atoms with van der Waals surface area (Å²) in [5, 5.41) is 10.2. The van der Waals surface area contributed by atoms with Crippen LogP contribution in [0.4, 0.5) is 4.39 Å². The number of ether oxygens (including phenoxy) is 1. The van der Waals surface area contributed by atoms with E-state index in [0.717, 1.165) is 11.3 Å². The van der Waals surface area contributed by atoms with Crippen molar-refractivity contribution in [2.24, 2.45) is 0 Å². The fourth-order valence-electron chi connectivity index (χ4n) is 1.17. The predicted molar refractivity (Wildman–Crippen MR) is 65.5 cm³/mol. The van der Waals surface area contributed by atoms with E-state index in [2.05, 4.69) is 15.9 Å². The fourth-order valence-corrected chi connectivity index (χ4v) is 2.15. The van der Waals surface area contributed by atoms with Gasteiger partial charge in [-0.25, -0.2) is 9.18 Å². The summed E-state index contributed by atoms with van der Waals surface area (Å²) < 4.78 is 19.3. The summed E-state index contributed by atoms with van der Waals surface area (Å²) in [5.41, 5.74) is 0. The Kier molecular flexibility index (Phi) is 3.44. The molecule has 1 aromatic heterocycles. The summed E-state index contributed by atoms with van der Waals surface area (Å²) in [4.78, 5) is 10.8. The average molecular weight is 317 g/mol. The molecule has 0 spiro atoms. The van der Waals surface area contributed by atoms with E-state index in [1.54, 1.807) is 6.07 Å². The first kappa shape index (κ1) is 12.1. The number of halogens is 2. The molecule has 6 heteroatoms. The van der Waals surface area contributed by atoms with Gasteiger partial charge in [-0.3, -0.25) is 0 Å². The highest BCUT2D eigenvalue weighted by Crippen LogP contribution is 2.29. The molecule has 0 fully saturated rings. The molecular formula is C11H6BrFO3S. The van der Waals surface area contributed by atoms with Crippen LogP contribution >= 0.6 is 27.3 Å². The lowest BCUT2D eigenvalue weighted by atomic mass is 10.3. The molecule has 0 aliphatic rings. The van der Waals surface area contributed by atoms with E-state index in [4.69, 9.17) is 9.84 Å². The summed E-state index contributed by atoms with van der Waals surface area (Å²) in [6.45, 7) is 0. The maximum absolute atomic E-state index is 13.4. The van der Waals surface area contributed by atoms with Crippen molar-refractivity contribution in [1.29, 1.82) is 0 Å². The molecule has 0 atom stereocenters. The first-order valence-electron chi connectivity index (χ1n) is 4.51. The van der Waals surface area contributed by atoms with Crippen LogP contribution in [0.2, 0.25) is 0 Å². The van der Waals surface area contributed by atoms with Gasteiger partial charge in [0, 0.05) is 15.9 Å². The average Bonchev–Trinajstić information content (AvgIpc) is 2.71. The van der Waals surface area contributed by atoms with Gasteiger partial charge in [0.15, 0.2) is 11.6 Å². The van der Waals surface area contributed by atoms with E-state index >= 15 is 0 Å². The second-order valence-corrected chi connectivity index (χ2v) is 4.96. The second kappa shape index (κ2) is 4.85. The van der Waals surface area contributed by atoms with E-state index < -0.39 is 11.8 Å². The van der Waals surface area contributed by atoms with Crippen molar-refractivity contribution in [3.8, 4) is 11.5 Å². The Morgan fingerprint density at radius 2 is 2.18 bits per heavy atom. The lowest BCUT2D eigenvalue weighted by molar-refractivity contribution is 0.0702. The van der Waals surface area contributed by atoms with Crippen LogP contribution < -0.4 is 4.74 Å². The normalized spacial score (nSPS) is 10.2.